The molecule has 0 aliphatic rings. The zero-order valence-corrected chi connectivity index (χ0v) is 25.6. The quantitative estimate of drug-likeness (QED) is 0.123. The lowest BCUT2D eigenvalue weighted by molar-refractivity contribution is 0.233. The normalized spacial score (nSPS) is 11.6. The minimum absolute atomic E-state index is 0.0243. The molecule has 0 fully saturated rings. The third kappa shape index (κ3) is 7.18. The largest absolute Gasteiger partial charge is 0.494 e. The van der Waals surface area contributed by atoms with E-state index < -0.39 is 11.6 Å². The molecule has 10 nitrogen and oxygen atoms in total. The molecular formula is C33H35F2N7O3. The van der Waals surface area contributed by atoms with Gasteiger partial charge >= 0.3 is 0 Å². The summed E-state index contributed by atoms with van der Waals surface area (Å²) in [7, 11) is 0. The van der Waals surface area contributed by atoms with Gasteiger partial charge in [0.05, 0.1) is 31.5 Å². The maximum absolute atomic E-state index is 15.0. The SMILES string of the molecule is CC=C(C)Nc1cc(Nc2nc(-c3nn(Cc4c(F)cc(OCC)cc4F)c4ccccc34)ncc2OCCCO)c(C)cn1. The van der Waals surface area contributed by atoms with Crippen LogP contribution in [0.1, 0.15) is 38.3 Å². The van der Waals surface area contributed by atoms with Gasteiger partial charge in [0.25, 0.3) is 0 Å². The highest BCUT2D eigenvalue weighted by atomic mass is 19.1. The number of benzene rings is 2. The Morgan fingerprint density at radius 1 is 1.07 bits per heavy atom. The zero-order chi connectivity index (χ0) is 31.9. The fraction of sp³-hybridized carbons (Fsp3) is 0.273. The monoisotopic (exact) mass is 615 g/mol. The number of aryl methyl sites for hydroxylation is 1. The minimum Gasteiger partial charge on any atom is -0.494 e. The van der Waals surface area contributed by atoms with Gasteiger partial charge in [0.15, 0.2) is 17.4 Å². The summed E-state index contributed by atoms with van der Waals surface area (Å²) in [5.41, 5.74) is 3.50. The number of rotatable bonds is 13. The first-order chi connectivity index (χ1) is 21.8. The Morgan fingerprint density at radius 3 is 2.58 bits per heavy atom. The van der Waals surface area contributed by atoms with E-state index in [9.17, 15) is 13.9 Å². The van der Waals surface area contributed by atoms with Crippen molar-refractivity contribution >= 4 is 28.2 Å². The van der Waals surface area contributed by atoms with E-state index in [1.807, 2.05) is 57.2 Å². The molecule has 0 aliphatic carbocycles. The third-order valence-corrected chi connectivity index (χ3v) is 7.03. The summed E-state index contributed by atoms with van der Waals surface area (Å²) in [5.74, 6) is 0.365. The molecule has 0 aliphatic heterocycles. The Balaban J connectivity index is 1.55. The molecule has 3 N–H and O–H groups in total. The van der Waals surface area contributed by atoms with Crippen molar-refractivity contribution in [1.82, 2.24) is 24.7 Å². The maximum atomic E-state index is 15.0. The molecule has 0 atom stereocenters. The van der Waals surface area contributed by atoms with Crippen LogP contribution in [-0.4, -0.2) is 49.7 Å². The average molecular weight is 616 g/mol. The molecule has 5 aromatic rings. The second-order valence-electron chi connectivity index (χ2n) is 10.3. The van der Waals surface area contributed by atoms with Crippen LogP contribution in [0.5, 0.6) is 11.5 Å². The number of aromatic nitrogens is 5. The Bertz CT molecular complexity index is 1820. The summed E-state index contributed by atoms with van der Waals surface area (Å²) in [4.78, 5) is 13.8. The number of halogens is 2. The fourth-order valence-electron chi connectivity index (χ4n) is 4.60. The van der Waals surface area contributed by atoms with Crippen molar-refractivity contribution in [2.45, 2.75) is 40.7 Å². The number of pyridine rings is 1. The van der Waals surface area contributed by atoms with Crippen LogP contribution in [0.25, 0.3) is 22.4 Å². The van der Waals surface area contributed by atoms with Crippen molar-refractivity contribution in [2.75, 3.05) is 30.5 Å². The molecule has 45 heavy (non-hydrogen) atoms. The van der Waals surface area contributed by atoms with Crippen LogP contribution in [0.15, 0.2) is 66.6 Å². The van der Waals surface area contributed by atoms with E-state index in [1.54, 1.807) is 19.3 Å². The van der Waals surface area contributed by atoms with Crippen LogP contribution in [0.4, 0.5) is 26.1 Å². The van der Waals surface area contributed by atoms with Gasteiger partial charge in [-0.3, -0.25) is 4.68 Å². The number of allylic oxidation sites excluding steroid dienone is 2. The standard InChI is InChI=1S/C33H35F2N7O3/c1-5-21(4)38-30-16-27(20(3)17-36-30)39-32-29(45-13-9-12-43)18-37-33(40-32)31-23-10-7-8-11-28(23)42(41-31)19-24-25(34)14-22(44-6-2)15-26(24)35/h5,7-8,10-11,14-18,43H,6,9,12-13,19H2,1-4H3,(H2,36,37,38,39,40). The number of anilines is 3. The lowest BCUT2D eigenvalue weighted by atomic mass is 10.1. The summed E-state index contributed by atoms with van der Waals surface area (Å²) >= 11 is 0. The lowest BCUT2D eigenvalue weighted by Crippen LogP contribution is -2.08. The molecule has 12 heteroatoms. The molecule has 0 radical (unpaired) electrons. The molecule has 0 unspecified atom stereocenters. The summed E-state index contributed by atoms with van der Waals surface area (Å²) in [6, 6.07) is 11.6. The fourth-order valence-corrected chi connectivity index (χ4v) is 4.60. The third-order valence-electron chi connectivity index (χ3n) is 7.03. The number of ether oxygens (including phenoxy) is 2. The summed E-state index contributed by atoms with van der Waals surface area (Å²) in [6.07, 6.45) is 5.66. The Morgan fingerprint density at radius 2 is 1.84 bits per heavy atom. The Hall–Kier alpha value is -5.10. The van der Waals surface area contributed by atoms with Crippen LogP contribution < -0.4 is 20.1 Å². The molecule has 0 spiro atoms. The molecule has 3 heterocycles. The smallest absolute Gasteiger partial charge is 0.183 e. The van der Waals surface area contributed by atoms with Gasteiger partial charge in [-0.2, -0.15) is 5.10 Å². The predicted molar refractivity (Wildman–Crippen MR) is 170 cm³/mol. The highest BCUT2D eigenvalue weighted by Gasteiger charge is 2.20. The minimum atomic E-state index is -0.724. The van der Waals surface area contributed by atoms with Gasteiger partial charge in [0, 0.05) is 59.8 Å². The first kappa shape index (κ1) is 31.3. The second kappa shape index (κ2) is 14.1. The predicted octanol–water partition coefficient (Wildman–Crippen LogP) is 6.76. The van der Waals surface area contributed by atoms with Gasteiger partial charge in [-0.25, -0.2) is 23.7 Å². The Kier molecular flexibility index (Phi) is 9.83. The average Bonchev–Trinajstić information content (AvgIpc) is 3.40. The molecule has 0 saturated carbocycles. The summed E-state index contributed by atoms with van der Waals surface area (Å²) in [6.45, 7) is 7.92. The van der Waals surface area contributed by atoms with Crippen molar-refractivity contribution in [3.05, 3.63) is 89.4 Å². The van der Waals surface area contributed by atoms with Gasteiger partial charge in [0.2, 0.25) is 0 Å². The molecule has 3 aromatic heterocycles. The number of nitrogens with one attached hydrogen (secondary N) is 2. The highest BCUT2D eigenvalue weighted by molar-refractivity contribution is 5.92. The number of nitrogens with zero attached hydrogens (tertiary/aromatic N) is 5. The number of hydrogen-bond acceptors (Lipinski definition) is 9. The number of aliphatic hydroxyl groups is 1. The molecule has 0 bridgehead atoms. The van der Waals surface area contributed by atoms with E-state index in [0.29, 0.717) is 47.0 Å². The van der Waals surface area contributed by atoms with Crippen molar-refractivity contribution in [1.29, 1.82) is 0 Å². The number of hydrogen-bond donors (Lipinski definition) is 3. The lowest BCUT2D eigenvalue weighted by Gasteiger charge is -2.15. The molecular weight excluding hydrogens is 580 g/mol. The molecule has 0 amide bonds. The molecule has 2 aromatic carbocycles. The van der Waals surface area contributed by atoms with E-state index >= 15 is 0 Å². The van der Waals surface area contributed by atoms with Crippen molar-refractivity contribution in [2.24, 2.45) is 0 Å². The number of aliphatic hydroxyl groups excluding tert-OH is 1. The van der Waals surface area contributed by atoms with Crippen molar-refractivity contribution in [3.8, 4) is 23.0 Å². The van der Waals surface area contributed by atoms with E-state index in [0.717, 1.165) is 16.9 Å². The second-order valence-corrected chi connectivity index (χ2v) is 10.3. The first-order valence-corrected chi connectivity index (χ1v) is 14.6. The molecule has 234 valence electrons. The van der Waals surface area contributed by atoms with Crippen molar-refractivity contribution in [3.63, 3.8) is 0 Å². The van der Waals surface area contributed by atoms with Crippen LogP contribution in [-0.2, 0) is 6.54 Å². The van der Waals surface area contributed by atoms with Gasteiger partial charge in [-0.1, -0.05) is 24.3 Å². The van der Waals surface area contributed by atoms with Gasteiger partial charge in [-0.05, 0) is 39.3 Å². The number of para-hydroxylation sites is 1. The van der Waals surface area contributed by atoms with Crippen LogP contribution in [0, 0.1) is 18.6 Å². The van der Waals surface area contributed by atoms with Gasteiger partial charge < -0.3 is 25.2 Å². The summed E-state index contributed by atoms with van der Waals surface area (Å²) in [5, 5.41) is 21.3. The zero-order valence-electron chi connectivity index (χ0n) is 25.6. The van der Waals surface area contributed by atoms with Crippen molar-refractivity contribution < 1.29 is 23.4 Å². The molecule has 0 saturated heterocycles. The van der Waals surface area contributed by atoms with Crippen LogP contribution >= 0.6 is 0 Å². The van der Waals surface area contributed by atoms with E-state index in [1.165, 1.54) is 16.8 Å². The van der Waals surface area contributed by atoms with E-state index in [4.69, 9.17) is 19.6 Å². The van der Waals surface area contributed by atoms with Crippen LogP contribution in [0.2, 0.25) is 0 Å². The van der Waals surface area contributed by atoms with E-state index in [-0.39, 0.29) is 36.9 Å². The number of fused-ring (bicyclic) bond motifs is 1. The Labute approximate surface area is 259 Å². The van der Waals surface area contributed by atoms with Gasteiger partial charge in [0.1, 0.15) is 28.9 Å². The summed E-state index contributed by atoms with van der Waals surface area (Å²) < 4.78 is 42.7. The van der Waals surface area contributed by atoms with E-state index in [2.05, 4.69) is 20.6 Å². The maximum Gasteiger partial charge on any atom is 0.183 e. The molecule has 5 rings (SSSR count). The van der Waals surface area contributed by atoms with Gasteiger partial charge in [-0.15, -0.1) is 0 Å². The topological polar surface area (TPSA) is 119 Å². The van der Waals surface area contributed by atoms with Crippen LogP contribution in [0.3, 0.4) is 0 Å². The first-order valence-electron chi connectivity index (χ1n) is 14.6. The highest BCUT2D eigenvalue weighted by Crippen LogP contribution is 2.33.